The molecule has 3 amide bonds. The lowest BCUT2D eigenvalue weighted by Crippen LogP contribution is -2.45. The van der Waals surface area contributed by atoms with Crippen molar-refractivity contribution in [2.75, 3.05) is 0 Å². The molecule has 1 fully saturated rings. The van der Waals surface area contributed by atoms with Crippen molar-refractivity contribution < 1.29 is 19.5 Å². The molecule has 1 saturated carbocycles. The molecule has 5 N–H and O–H groups in total. The summed E-state index contributed by atoms with van der Waals surface area (Å²) in [4.78, 5) is 34.4. The monoisotopic (exact) mass is 333 g/mol. The Morgan fingerprint density at radius 2 is 1.75 bits per heavy atom. The van der Waals surface area contributed by atoms with Crippen LogP contribution in [0.3, 0.4) is 0 Å². The molecule has 0 aliphatic heterocycles. The Kier molecular flexibility index (Phi) is 6.17. The van der Waals surface area contributed by atoms with Gasteiger partial charge >= 0.3 is 12.0 Å². The third-order valence-electron chi connectivity index (χ3n) is 4.32. The van der Waals surface area contributed by atoms with E-state index < -0.39 is 17.9 Å². The topological polar surface area (TPSA) is 122 Å². The Morgan fingerprint density at radius 3 is 2.29 bits per heavy atom. The van der Waals surface area contributed by atoms with Crippen LogP contribution in [0.1, 0.15) is 43.7 Å². The van der Waals surface area contributed by atoms with E-state index in [-0.39, 0.29) is 24.4 Å². The average Bonchev–Trinajstić information content (AvgIpc) is 2.55. The second-order valence-corrected chi connectivity index (χ2v) is 6.14. The van der Waals surface area contributed by atoms with Crippen molar-refractivity contribution in [2.24, 2.45) is 11.7 Å². The van der Waals surface area contributed by atoms with Gasteiger partial charge < -0.3 is 21.5 Å². The Hall–Kier alpha value is -2.57. The number of aliphatic carboxylic acids is 1. The van der Waals surface area contributed by atoms with E-state index in [1.165, 1.54) is 0 Å². The zero-order valence-corrected chi connectivity index (χ0v) is 13.4. The van der Waals surface area contributed by atoms with Crippen LogP contribution in [0.5, 0.6) is 0 Å². The number of hydrogen-bond donors (Lipinski definition) is 4. The van der Waals surface area contributed by atoms with Crippen LogP contribution < -0.4 is 16.4 Å². The summed E-state index contributed by atoms with van der Waals surface area (Å²) in [6.07, 6.45) is 2.41. The molecule has 2 rings (SSSR count). The second-order valence-electron chi connectivity index (χ2n) is 6.14. The fourth-order valence-corrected chi connectivity index (χ4v) is 3.01. The van der Waals surface area contributed by atoms with Crippen molar-refractivity contribution in [3.05, 3.63) is 35.9 Å². The van der Waals surface area contributed by atoms with Gasteiger partial charge in [0.25, 0.3) is 0 Å². The average molecular weight is 333 g/mol. The van der Waals surface area contributed by atoms with Gasteiger partial charge in [-0.2, -0.15) is 0 Å². The van der Waals surface area contributed by atoms with E-state index in [0.717, 1.165) is 5.56 Å². The van der Waals surface area contributed by atoms with Crippen molar-refractivity contribution in [1.82, 2.24) is 10.6 Å². The lowest BCUT2D eigenvalue weighted by atomic mass is 9.86. The van der Waals surface area contributed by atoms with Crippen molar-refractivity contribution in [1.29, 1.82) is 0 Å². The lowest BCUT2D eigenvalue weighted by molar-refractivity contribution is -0.142. The highest BCUT2D eigenvalue weighted by Gasteiger charge is 2.27. The fraction of sp³-hybridized carbons (Fsp3) is 0.471. The summed E-state index contributed by atoms with van der Waals surface area (Å²) in [6.45, 7) is 0. The van der Waals surface area contributed by atoms with Crippen molar-refractivity contribution >= 4 is 17.9 Å². The molecular weight excluding hydrogens is 310 g/mol. The number of amides is 3. The zero-order valence-electron chi connectivity index (χ0n) is 13.4. The maximum atomic E-state index is 12.2. The van der Waals surface area contributed by atoms with Gasteiger partial charge in [-0.15, -0.1) is 0 Å². The first-order chi connectivity index (χ1) is 11.5. The Morgan fingerprint density at radius 1 is 1.12 bits per heavy atom. The van der Waals surface area contributed by atoms with E-state index in [0.29, 0.717) is 25.7 Å². The predicted molar refractivity (Wildman–Crippen MR) is 88.0 cm³/mol. The van der Waals surface area contributed by atoms with Gasteiger partial charge in [0.15, 0.2) is 0 Å². The minimum absolute atomic E-state index is 0.0171. The number of carboxylic acid groups (broad SMARTS) is 1. The third-order valence-corrected chi connectivity index (χ3v) is 4.32. The van der Waals surface area contributed by atoms with Crippen LogP contribution in [-0.2, 0) is 9.59 Å². The summed E-state index contributed by atoms with van der Waals surface area (Å²) < 4.78 is 0. The van der Waals surface area contributed by atoms with Gasteiger partial charge in [-0.05, 0) is 31.2 Å². The van der Waals surface area contributed by atoms with Gasteiger partial charge in [-0.1, -0.05) is 30.3 Å². The van der Waals surface area contributed by atoms with Crippen molar-refractivity contribution in [2.45, 2.75) is 44.2 Å². The van der Waals surface area contributed by atoms with Crippen LogP contribution in [0.15, 0.2) is 30.3 Å². The van der Waals surface area contributed by atoms with E-state index >= 15 is 0 Å². The van der Waals surface area contributed by atoms with E-state index in [1.54, 1.807) is 0 Å². The van der Waals surface area contributed by atoms with Crippen LogP contribution in [0, 0.1) is 5.92 Å². The third kappa shape index (κ3) is 5.26. The molecule has 0 bridgehead atoms. The molecule has 0 unspecified atom stereocenters. The van der Waals surface area contributed by atoms with Crippen molar-refractivity contribution in [3.8, 4) is 0 Å². The number of carbonyl (C=O) groups excluding carboxylic acids is 2. The number of hydrogen-bond acceptors (Lipinski definition) is 3. The zero-order chi connectivity index (χ0) is 17.5. The molecule has 130 valence electrons. The second kappa shape index (κ2) is 8.33. The maximum absolute atomic E-state index is 12.2. The number of carboxylic acids is 1. The van der Waals surface area contributed by atoms with Gasteiger partial charge in [-0.25, -0.2) is 4.79 Å². The number of primary amides is 1. The first kappa shape index (κ1) is 17.8. The predicted octanol–water partition coefficient (Wildman–Crippen LogP) is 1.55. The number of carbonyl (C=O) groups is 3. The molecule has 24 heavy (non-hydrogen) atoms. The first-order valence-corrected chi connectivity index (χ1v) is 8.08. The Labute approximate surface area is 140 Å². The quantitative estimate of drug-likeness (QED) is 0.631. The summed E-state index contributed by atoms with van der Waals surface area (Å²) in [7, 11) is 0. The molecule has 1 aromatic carbocycles. The van der Waals surface area contributed by atoms with Crippen LogP contribution >= 0.6 is 0 Å². The molecule has 0 heterocycles. The van der Waals surface area contributed by atoms with E-state index in [4.69, 9.17) is 10.8 Å². The molecule has 1 atom stereocenters. The minimum atomic E-state index is -0.775. The summed E-state index contributed by atoms with van der Waals surface area (Å²) in [6, 6.07) is 8.25. The molecule has 1 aliphatic rings. The molecule has 0 aromatic heterocycles. The maximum Gasteiger partial charge on any atom is 0.315 e. The number of urea groups is 1. The normalized spacial score (nSPS) is 21.5. The van der Waals surface area contributed by atoms with Crippen LogP contribution in [0.2, 0.25) is 0 Å². The number of benzene rings is 1. The fourth-order valence-electron chi connectivity index (χ4n) is 3.01. The van der Waals surface area contributed by atoms with E-state index in [2.05, 4.69) is 10.6 Å². The van der Waals surface area contributed by atoms with Crippen LogP contribution in [0.4, 0.5) is 4.79 Å². The lowest BCUT2D eigenvalue weighted by Gasteiger charge is -2.28. The molecular formula is C17H23N3O4. The van der Waals surface area contributed by atoms with Gasteiger partial charge in [0.1, 0.15) is 0 Å². The number of nitrogens with two attached hydrogens (primary N) is 1. The highest BCUT2D eigenvalue weighted by molar-refractivity contribution is 5.78. The first-order valence-electron chi connectivity index (χ1n) is 8.08. The standard InChI is InChI=1S/C17H23N3O4/c18-15(21)10-14(11-4-2-1-3-5-11)20-17(24)19-13-8-6-12(7-9-13)16(22)23/h1-5,12-14H,6-10H2,(H2,18,21)(H,22,23)(H2,19,20,24)/t12?,13?,14-/m0/s1. The summed E-state index contributed by atoms with van der Waals surface area (Å²) >= 11 is 0. The van der Waals surface area contributed by atoms with Crippen molar-refractivity contribution in [3.63, 3.8) is 0 Å². The van der Waals surface area contributed by atoms with Gasteiger partial charge in [0.05, 0.1) is 18.4 Å². The molecule has 7 heteroatoms. The van der Waals surface area contributed by atoms with E-state index in [9.17, 15) is 14.4 Å². The molecule has 1 aromatic rings. The number of nitrogens with one attached hydrogen (secondary N) is 2. The molecule has 1 aliphatic carbocycles. The van der Waals surface area contributed by atoms with E-state index in [1.807, 2.05) is 30.3 Å². The largest absolute Gasteiger partial charge is 0.481 e. The summed E-state index contributed by atoms with van der Waals surface area (Å²) in [5, 5.41) is 14.6. The SMILES string of the molecule is NC(=O)C[C@H](NC(=O)NC1CCC(C(=O)O)CC1)c1ccccc1. The Bertz CT molecular complexity index is 583. The van der Waals surface area contributed by atoms with Crippen LogP contribution in [-0.4, -0.2) is 29.1 Å². The summed E-state index contributed by atoms with van der Waals surface area (Å²) in [5.41, 5.74) is 6.07. The van der Waals surface area contributed by atoms with Gasteiger partial charge in [0, 0.05) is 6.04 Å². The van der Waals surface area contributed by atoms with Gasteiger partial charge in [0.2, 0.25) is 5.91 Å². The molecule has 0 spiro atoms. The van der Waals surface area contributed by atoms with Gasteiger partial charge in [-0.3, -0.25) is 9.59 Å². The number of rotatable bonds is 6. The minimum Gasteiger partial charge on any atom is -0.481 e. The molecule has 0 saturated heterocycles. The highest BCUT2D eigenvalue weighted by Crippen LogP contribution is 2.24. The smallest absolute Gasteiger partial charge is 0.315 e. The Balaban J connectivity index is 1.89. The van der Waals surface area contributed by atoms with Crippen LogP contribution in [0.25, 0.3) is 0 Å². The summed E-state index contributed by atoms with van der Waals surface area (Å²) in [5.74, 6) is -1.59. The highest BCUT2D eigenvalue weighted by atomic mass is 16.4. The molecule has 0 radical (unpaired) electrons. The molecule has 7 nitrogen and oxygen atoms in total.